The number of rotatable bonds is 7. The lowest BCUT2D eigenvalue weighted by Crippen LogP contribution is -2.39. The first-order valence-corrected chi connectivity index (χ1v) is 12.0. The summed E-state index contributed by atoms with van der Waals surface area (Å²) >= 11 is 5.69. The van der Waals surface area contributed by atoms with Gasteiger partial charge in [0, 0.05) is 0 Å². The maximum Gasteiger partial charge on any atom is 0.417 e. The molecule has 3 rings (SSSR count). The van der Waals surface area contributed by atoms with E-state index in [0.717, 1.165) is 23.3 Å². The van der Waals surface area contributed by atoms with Crippen LogP contribution in [0.15, 0.2) is 76.7 Å². The molecule has 0 heterocycles. The highest BCUT2D eigenvalue weighted by molar-refractivity contribution is 7.92. The highest BCUT2D eigenvalue weighted by Crippen LogP contribution is 2.38. The Bertz CT molecular complexity index is 1340. The molecule has 0 saturated heterocycles. The van der Waals surface area contributed by atoms with Gasteiger partial charge in [0.2, 0.25) is 0 Å². The van der Waals surface area contributed by atoms with Crippen molar-refractivity contribution in [3.63, 3.8) is 0 Å². The molecule has 0 bridgehead atoms. The second-order valence-corrected chi connectivity index (χ2v) is 9.96. The van der Waals surface area contributed by atoms with Crippen LogP contribution < -0.4 is 9.73 Å². The number of amides is 1. The van der Waals surface area contributed by atoms with Gasteiger partial charge >= 0.3 is 6.18 Å². The summed E-state index contributed by atoms with van der Waals surface area (Å²) in [6.07, 6.45) is -3.47. The number of sulfonamides is 1. The van der Waals surface area contributed by atoms with Crippen LogP contribution in [-0.4, -0.2) is 27.1 Å². The summed E-state index contributed by atoms with van der Waals surface area (Å²) in [5, 5.41) is 3.21. The smallest absolute Gasteiger partial charge is 0.271 e. The molecule has 1 amide bonds. The molecule has 6 nitrogen and oxygen atoms in total. The van der Waals surface area contributed by atoms with E-state index in [1.54, 1.807) is 31.2 Å². The zero-order valence-electron chi connectivity index (χ0n) is 18.7. The van der Waals surface area contributed by atoms with Crippen LogP contribution in [0.3, 0.4) is 0 Å². The molecule has 0 unspecified atom stereocenters. The summed E-state index contributed by atoms with van der Waals surface area (Å²) < 4.78 is 67.5. The van der Waals surface area contributed by atoms with Crippen molar-refractivity contribution in [3.05, 3.63) is 94.0 Å². The minimum atomic E-state index is -4.83. The van der Waals surface area contributed by atoms with Crippen LogP contribution in [0.5, 0.6) is 0 Å². The number of hydrazone groups is 1. The van der Waals surface area contributed by atoms with Gasteiger partial charge in [0.1, 0.15) is 6.54 Å². The maximum atomic E-state index is 13.4. The first-order chi connectivity index (χ1) is 16.4. The zero-order chi connectivity index (χ0) is 25.8. The number of anilines is 1. The predicted molar refractivity (Wildman–Crippen MR) is 129 cm³/mol. The van der Waals surface area contributed by atoms with E-state index in [4.69, 9.17) is 11.6 Å². The molecule has 1 N–H and O–H groups in total. The Hall–Kier alpha value is -3.37. The van der Waals surface area contributed by atoms with Gasteiger partial charge in [-0.05, 0) is 49.7 Å². The molecule has 0 atom stereocenters. The third-order valence-corrected chi connectivity index (χ3v) is 7.04. The summed E-state index contributed by atoms with van der Waals surface area (Å²) in [6, 6.07) is 15.6. The van der Waals surface area contributed by atoms with E-state index in [-0.39, 0.29) is 10.6 Å². The second kappa shape index (κ2) is 10.5. The molecule has 11 heteroatoms. The topological polar surface area (TPSA) is 78.8 Å². The Labute approximate surface area is 206 Å². The normalized spacial score (nSPS) is 12.1. The van der Waals surface area contributed by atoms with Gasteiger partial charge in [-0.25, -0.2) is 13.8 Å². The Kier molecular flexibility index (Phi) is 7.86. The number of benzene rings is 3. The van der Waals surface area contributed by atoms with Gasteiger partial charge in [-0.15, -0.1) is 0 Å². The van der Waals surface area contributed by atoms with Gasteiger partial charge in [0.25, 0.3) is 15.9 Å². The Morgan fingerprint density at radius 2 is 1.57 bits per heavy atom. The molecule has 35 heavy (non-hydrogen) atoms. The summed E-state index contributed by atoms with van der Waals surface area (Å²) in [7, 11) is -4.41. The molecule has 0 radical (unpaired) electrons. The fourth-order valence-corrected chi connectivity index (χ4v) is 4.67. The SMILES string of the molecule is Cc1ccc(/C=N\NC(=O)CN(c2ccc(Cl)c(C(F)(F)F)c2)S(=O)(=O)c2ccc(C)cc2)cc1. The van der Waals surface area contributed by atoms with Crippen LogP contribution in [0.25, 0.3) is 0 Å². The Morgan fingerprint density at radius 3 is 2.14 bits per heavy atom. The first kappa shape index (κ1) is 26.2. The van der Waals surface area contributed by atoms with Crippen molar-refractivity contribution in [1.82, 2.24) is 5.43 Å². The molecule has 0 aliphatic rings. The van der Waals surface area contributed by atoms with Crippen LogP contribution in [0.2, 0.25) is 5.02 Å². The van der Waals surface area contributed by atoms with E-state index < -0.39 is 39.2 Å². The lowest BCUT2D eigenvalue weighted by Gasteiger charge is -2.25. The van der Waals surface area contributed by atoms with Crippen molar-refractivity contribution in [3.8, 4) is 0 Å². The van der Waals surface area contributed by atoms with Crippen LogP contribution in [0.1, 0.15) is 22.3 Å². The second-order valence-electron chi connectivity index (χ2n) is 7.69. The quantitative estimate of drug-likeness (QED) is 0.336. The first-order valence-electron chi connectivity index (χ1n) is 10.2. The molecular weight excluding hydrogens is 503 g/mol. The number of aryl methyl sites for hydroxylation is 2. The van der Waals surface area contributed by atoms with E-state index in [1.807, 2.05) is 19.1 Å². The van der Waals surface area contributed by atoms with Crippen LogP contribution in [0.4, 0.5) is 18.9 Å². The molecule has 0 saturated carbocycles. The minimum absolute atomic E-state index is 0.192. The van der Waals surface area contributed by atoms with Crippen molar-refractivity contribution < 1.29 is 26.4 Å². The molecular formula is C24H21ClF3N3O3S. The fourth-order valence-electron chi connectivity index (χ4n) is 3.04. The average Bonchev–Trinajstić information content (AvgIpc) is 2.79. The van der Waals surface area contributed by atoms with Crippen LogP contribution >= 0.6 is 11.6 Å². The zero-order valence-corrected chi connectivity index (χ0v) is 20.2. The van der Waals surface area contributed by atoms with E-state index in [9.17, 15) is 26.4 Å². The number of hydrogen-bond acceptors (Lipinski definition) is 4. The van der Waals surface area contributed by atoms with Gasteiger partial charge in [-0.2, -0.15) is 18.3 Å². The minimum Gasteiger partial charge on any atom is -0.271 e. The van der Waals surface area contributed by atoms with Crippen molar-refractivity contribution in [2.75, 3.05) is 10.8 Å². The Balaban J connectivity index is 1.94. The van der Waals surface area contributed by atoms with Gasteiger partial charge < -0.3 is 0 Å². The largest absolute Gasteiger partial charge is 0.417 e. The fraction of sp³-hybridized carbons (Fsp3) is 0.167. The standard InChI is InChI=1S/C24H21ClF3N3O3S/c1-16-3-7-18(8-4-16)14-29-30-23(32)15-31(35(33,34)20-10-5-17(2)6-11-20)19-9-12-22(25)21(13-19)24(26,27)28/h3-14H,15H2,1-2H3,(H,30,32)/b29-14-. The molecule has 0 aromatic heterocycles. The number of alkyl halides is 3. The molecule has 3 aromatic rings. The Morgan fingerprint density at radius 1 is 1.00 bits per heavy atom. The number of carbonyl (C=O) groups is 1. The van der Waals surface area contributed by atoms with E-state index in [0.29, 0.717) is 15.9 Å². The lowest BCUT2D eigenvalue weighted by atomic mass is 10.2. The molecule has 0 fully saturated rings. The number of nitrogens with zero attached hydrogens (tertiary/aromatic N) is 2. The van der Waals surface area contributed by atoms with E-state index in [1.165, 1.54) is 18.3 Å². The molecule has 3 aromatic carbocycles. The molecule has 0 aliphatic heterocycles. The number of carbonyl (C=O) groups excluding carboxylic acids is 1. The van der Waals surface area contributed by atoms with Crippen molar-refractivity contribution in [2.24, 2.45) is 5.10 Å². The summed E-state index contributed by atoms with van der Waals surface area (Å²) in [6.45, 7) is 2.84. The average molecular weight is 524 g/mol. The van der Waals surface area contributed by atoms with Gasteiger partial charge in [0.05, 0.1) is 27.4 Å². The van der Waals surface area contributed by atoms with E-state index in [2.05, 4.69) is 10.5 Å². The van der Waals surface area contributed by atoms with Crippen molar-refractivity contribution in [1.29, 1.82) is 0 Å². The maximum absolute atomic E-state index is 13.4. The molecule has 0 aliphatic carbocycles. The van der Waals surface area contributed by atoms with Crippen molar-refractivity contribution >= 4 is 39.4 Å². The number of nitrogens with one attached hydrogen (secondary N) is 1. The number of halogens is 4. The summed E-state index contributed by atoms with van der Waals surface area (Å²) in [5.41, 5.74) is 3.11. The van der Waals surface area contributed by atoms with Crippen molar-refractivity contribution in [2.45, 2.75) is 24.9 Å². The molecule has 184 valence electrons. The summed E-state index contributed by atoms with van der Waals surface area (Å²) in [5.74, 6) is -0.854. The van der Waals surface area contributed by atoms with Gasteiger partial charge in [0.15, 0.2) is 0 Å². The van der Waals surface area contributed by atoms with Gasteiger partial charge in [-0.1, -0.05) is 59.1 Å². The monoisotopic (exact) mass is 523 g/mol. The van der Waals surface area contributed by atoms with Crippen LogP contribution in [-0.2, 0) is 21.0 Å². The summed E-state index contributed by atoms with van der Waals surface area (Å²) in [4.78, 5) is 12.4. The predicted octanol–water partition coefficient (Wildman–Crippen LogP) is 5.32. The van der Waals surface area contributed by atoms with E-state index >= 15 is 0 Å². The highest BCUT2D eigenvalue weighted by atomic mass is 35.5. The van der Waals surface area contributed by atoms with Crippen LogP contribution in [0, 0.1) is 13.8 Å². The van der Waals surface area contributed by atoms with Gasteiger partial charge in [-0.3, -0.25) is 9.10 Å². The molecule has 0 spiro atoms. The third-order valence-electron chi connectivity index (χ3n) is 4.92. The third kappa shape index (κ3) is 6.61. The number of hydrogen-bond donors (Lipinski definition) is 1. The highest BCUT2D eigenvalue weighted by Gasteiger charge is 2.35. The lowest BCUT2D eigenvalue weighted by molar-refractivity contribution is -0.137.